The van der Waals surface area contributed by atoms with Crippen molar-refractivity contribution in [1.29, 1.82) is 0 Å². The van der Waals surface area contributed by atoms with E-state index in [2.05, 4.69) is 27.7 Å². The molecule has 0 aliphatic carbocycles. The van der Waals surface area contributed by atoms with Crippen LogP contribution < -0.4 is 0 Å². The molecule has 1 heteroatoms. The molecule has 0 saturated carbocycles. The van der Waals surface area contributed by atoms with Crippen LogP contribution >= 0.6 is 0 Å². The van der Waals surface area contributed by atoms with Gasteiger partial charge in [0.25, 0.3) is 0 Å². The van der Waals surface area contributed by atoms with Crippen molar-refractivity contribution in [2.45, 2.75) is 31.9 Å². The first-order valence-corrected chi connectivity index (χ1v) is 12.5. The molecule has 0 aliphatic rings. The van der Waals surface area contributed by atoms with E-state index in [-0.39, 0.29) is 0 Å². The van der Waals surface area contributed by atoms with E-state index in [0.717, 1.165) is 5.92 Å². The van der Waals surface area contributed by atoms with E-state index in [4.69, 9.17) is 0 Å². The molecule has 8 heavy (non-hydrogen) atoms. The van der Waals surface area contributed by atoms with Crippen molar-refractivity contribution in [3.05, 3.63) is 0 Å². The van der Waals surface area contributed by atoms with Crippen LogP contribution in [0.15, 0.2) is 0 Å². The molecule has 0 saturated heterocycles. The van der Waals surface area contributed by atoms with Crippen LogP contribution in [0.5, 0.6) is 0 Å². The van der Waals surface area contributed by atoms with Crippen LogP contribution in [-0.2, 0) is 20.3 Å². The Kier molecular flexibility index (Phi) is 3.50. The average Bonchev–Trinajstić information content (AvgIpc) is 1.21. The molecule has 0 aromatic carbocycles. The Bertz CT molecular complexity index is 59.3. The summed E-state index contributed by atoms with van der Waals surface area (Å²) < 4.78 is 9.02. The summed E-state index contributed by atoms with van der Waals surface area (Å²) in [4.78, 5) is 0. The molecule has 0 aliphatic heterocycles. The van der Waals surface area contributed by atoms with Crippen LogP contribution in [-0.4, -0.2) is 0 Å². The molecule has 0 bridgehead atoms. The molecule has 0 radical (unpaired) electrons. The summed E-state index contributed by atoms with van der Waals surface area (Å²) in [6.07, 6.45) is 0. The van der Waals surface area contributed by atoms with Gasteiger partial charge in [-0.3, -0.25) is 0 Å². The fourth-order valence-corrected chi connectivity index (χ4v) is 7.25. The quantitative estimate of drug-likeness (QED) is 0.631. The summed E-state index contributed by atoms with van der Waals surface area (Å²) in [7, 11) is 0. The molecule has 0 aromatic rings. The van der Waals surface area contributed by atoms with Gasteiger partial charge < -0.3 is 0 Å². The SMILES string of the molecule is CC(C)[CH2][Zr]([CH3])([CH3])[CH3]. The minimum atomic E-state index is -1.36. The third-order valence-electron chi connectivity index (χ3n) is 1.02. The van der Waals surface area contributed by atoms with E-state index in [1.54, 1.807) is 0 Å². The van der Waals surface area contributed by atoms with Gasteiger partial charge in [-0.25, -0.2) is 0 Å². The van der Waals surface area contributed by atoms with Crippen LogP contribution in [0.2, 0.25) is 18.0 Å². The van der Waals surface area contributed by atoms with Gasteiger partial charge in [-0.2, -0.15) is 0 Å². The Balaban J connectivity index is 3.39. The molecule has 0 heterocycles. The molecule has 0 unspecified atom stereocenters. The molecule has 0 fully saturated rings. The van der Waals surface area contributed by atoms with Crippen molar-refractivity contribution in [2.24, 2.45) is 5.92 Å². The van der Waals surface area contributed by atoms with Crippen LogP contribution in [0.3, 0.4) is 0 Å². The van der Waals surface area contributed by atoms with Gasteiger partial charge in [0.15, 0.2) is 0 Å². The normalized spacial score (nSPS) is 12.8. The van der Waals surface area contributed by atoms with Gasteiger partial charge in [0.05, 0.1) is 0 Å². The summed E-state index contributed by atoms with van der Waals surface area (Å²) in [5, 5.41) is 0. The monoisotopic (exact) mass is 192 g/mol. The average molecular weight is 193 g/mol. The first kappa shape index (κ1) is 8.88. The van der Waals surface area contributed by atoms with Crippen molar-refractivity contribution in [3.8, 4) is 0 Å². The molecule has 0 amide bonds. The van der Waals surface area contributed by atoms with Crippen molar-refractivity contribution in [2.75, 3.05) is 0 Å². The first-order valence-electron chi connectivity index (χ1n) is 3.42. The van der Waals surface area contributed by atoms with Gasteiger partial charge in [-0.05, 0) is 0 Å². The zero-order chi connectivity index (χ0) is 6.78. The van der Waals surface area contributed by atoms with Crippen molar-refractivity contribution in [1.82, 2.24) is 0 Å². The molecule has 0 nitrogen and oxygen atoms in total. The van der Waals surface area contributed by atoms with E-state index < -0.39 is 20.3 Å². The van der Waals surface area contributed by atoms with Crippen molar-refractivity contribution >= 4 is 0 Å². The Hall–Kier alpha value is 0.883. The molecule has 0 rings (SSSR count). The zero-order valence-electron chi connectivity index (χ0n) is 6.78. The summed E-state index contributed by atoms with van der Waals surface area (Å²) in [6.45, 7) is 4.64. The molecular weight excluding hydrogens is 175 g/mol. The van der Waals surface area contributed by atoms with Gasteiger partial charge in [-0.15, -0.1) is 0 Å². The predicted octanol–water partition coefficient (Wildman–Crippen LogP) is 3.36. The number of rotatable bonds is 2. The standard InChI is InChI=1S/C4H9.3CH3.Zr/c1-4(2)3;;;;/h4H,1H2,2-3H3;3*1H3;. The Labute approximate surface area is 58.1 Å². The Morgan fingerprint density at radius 2 is 1.50 bits per heavy atom. The minimum absolute atomic E-state index is 0.936. The van der Waals surface area contributed by atoms with Gasteiger partial charge >= 0.3 is 58.1 Å². The third kappa shape index (κ3) is 6.88. The first-order chi connectivity index (χ1) is 3.42. The predicted molar refractivity (Wildman–Crippen MR) is 37.2 cm³/mol. The number of hydrogen-bond acceptors (Lipinski definition) is 0. The van der Waals surface area contributed by atoms with E-state index in [9.17, 15) is 0 Å². The molecule has 50 valence electrons. The van der Waals surface area contributed by atoms with Gasteiger partial charge in [0.2, 0.25) is 0 Å². The van der Waals surface area contributed by atoms with E-state index >= 15 is 0 Å². The van der Waals surface area contributed by atoms with Gasteiger partial charge in [0, 0.05) is 0 Å². The maximum absolute atomic E-state index is 2.49. The van der Waals surface area contributed by atoms with Crippen molar-refractivity contribution in [3.63, 3.8) is 0 Å². The van der Waals surface area contributed by atoms with Gasteiger partial charge in [-0.1, -0.05) is 0 Å². The number of hydrogen-bond donors (Lipinski definition) is 0. The summed E-state index contributed by atoms with van der Waals surface area (Å²) in [5.74, 6) is 0.936. The molecule has 0 aromatic heterocycles. The van der Waals surface area contributed by atoms with Crippen LogP contribution in [0, 0.1) is 5.92 Å². The van der Waals surface area contributed by atoms with Crippen LogP contribution in [0.1, 0.15) is 13.8 Å². The molecule has 0 N–H and O–H groups in total. The molecule has 0 spiro atoms. The van der Waals surface area contributed by atoms with Gasteiger partial charge in [0.1, 0.15) is 0 Å². The summed E-state index contributed by atoms with van der Waals surface area (Å²) in [5.41, 5.74) is 0. The van der Waals surface area contributed by atoms with Crippen LogP contribution in [0.4, 0.5) is 0 Å². The van der Waals surface area contributed by atoms with E-state index in [1.165, 1.54) is 4.13 Å². The van der Waals surface area contributed by atoms with E-state index in [1.807, 2.05) is 0 Å². The fraction of sp³-hybridized carbons (Fsp3) is 1.00. The Morgan fingerprint density at radius 3 is 1.50 bits per heavy atom. The summed E-state index contributed by atoms with van der Waals surface area (Å²) in [6, 6.07) is 0. The van der Waals surface area contributed by atoms with E-state index in [0.29, 0.717) is 0 Å². The van der Waals surface area contributed by atoms with Crippen LogP contribution in [0.25, 0.3) is 0 Å². The third-order valence-corrected chi connectivity index (χ3v) is 6.04. The maximum atomic E-state index is 2.49. The second-order valence-corrected chi connectivity index (χ2v) is 17.8. The second-order valence-electron chi connectivity index (χ2n) is 4.16. The van der Waals surface area contributed by atoms with Crippen molar-refractivity contribution < 1.29 is 20.3 Å². The topological polar surface area (TPSA) is 0 Å². The Morgan fingerprint density at radius 1 is 1.12 bits per heavy atom. The fourth-order valence-electron chi connectivity index (χ4n) is 1.22. The molecular formula is C7H18Zr. The zero-order valence-corrected chi connectivity index (χ0v) is 9.24. The second kappa shape index (κ2) is 3.15. The molecule has 0 atom stereocenters. The summed E-state index contributed by atoms with van der Waals surface area (Å²) >= 11 is -1.36.